The van der Waals surface area contributed by atoms with Crippen LogP contribution >= 0.6 is 0 Å². The van der Waals surface area contributed by atoms with Crippen LogP contribution in [-0.4, -0.2) is 39.4 Å². The second-order valence-corrected chi connectivity index (χ2v) is 8.54. The van der Waals surface area contributed by atoms with Gasteiger partial charge in [0.1, 0.15) is 17.9 Å². The number of para-hydroxylation sites is 3. The molecule has 4 rings (SSSR count). The lowest BCUT2D eigenvalue weighted by Crippen LogP contribution is -2.34. The summed E-state index contributed by atoms with van der Waals surface area (Å²) in [5, 5.41) is 18.1. The first kappa shape index (κ1) is 23.0. The van der Waals surface area contributed by atoms with E-state index < -0.39 is 16.3 Å². The van der Waals surface area contributed by atoms with E-state index in [-0.39, 0.29) is 35.8 Å². The number of rotatable bonds is 7. The molecule has 0 atom stereocenters. The zero-order valence-electron chi connectivity index (χ0n) is 19.0. The van der Waals surface area contributed by atoms with Gasteiger partial charge >= 0.3 is 0 Å². The summed E-state index contributed by atoms with van der Waals surface area (Å²) in [4.78, 5) is 35.9. The summed E-state index contributed by atoms with van der Waals surface area (Å²) in [7, 11) is 0. The van der Waals surface area contributed by atoms with Crippen molar-refractivity contribution in [2.75, 3.05) is 13.2 Å². The summed E-state index contributed by atoms with van der Waals surface area (Å²) in [5.74, 6) is 0.590. The highest BCUT2D eigenvalue weighted by molar-refractivity contribution is 5.92. The Morgan fingerprint density at radius 1 is 1.26 bits per heavy atom. The molecule has 0 saturated carbocycles. The van der Waals surface area contributed by atoms with Crippen LogP contribution in [0, 0.1) is 17.0 Å². The van der Waals surface area contributed by atoms with Gasteiger partial charge in [0.2, 0.25) is 5.43 Å². The van der Waals surface area contributed by atoms with Gasteiger partial charge in [-0.25, -0.2) is 4.68 Å². The fourth-order valence-corrected chi connectivity index (χ4v) is 3.86. The van der Waals surface area contributed by atoms with Crippen molar-refractivity contribution >= 4 is 11.6 Å². The van der Waals surface area contributed by atoms with E-state index in [0.29, 0.717) is 17.2 Å². The first-order valence-corrected chi connectivity index (χ1v) is 10.7. The van der Waals surface area contributed by atoms with Crippen molar-refractivity contribution in [3.8, 4) is 17.2 Å². The van der Waals surface area contributed by atoms with Gasteiger partial charge < -0.3 is 14.8 Å². The molecule has 2 heterocycles. The minimum atomic E-state index is -0.698. The fraction of sp³-hybridized carbons (Fsp3) is 0.292. The summed E-state index contributed by atoms with van der Waals surface area (Å²) in [6, 6.07) is 12.9. The second-order valence-electron chi connectivity index (χ2n) is 8.54. The summed E-state index contributed by atoms with van der Waals surface area (Å²) >= 11 is 0. The molecular formula is C24H24N4O6. The number of fused-ring (bicyclic) bond motifs is 1. The van der Waals surface area contributed by atoms with Crippen LogP contribution in [0.3, 0.4) is 0 Å². The smallest absolute Gasteiger partial charge is 0.294 e. The van der Waals surface area contributed by atoms with Gasteiger partial charge in [-0.2, -0.15) is 5.10 Å². The number of hydrogen-bond donors (Lipinski definition) is 1. The first-order chi connectivity index (χ1) is 16.2. The van der Waals surface area contributed by atoms with Gasteiger partial charge in [-0.05, 0) is 32.9 Å². The highest BCUT2D eigenvalue weighted by Crippen LogP contribution is 2.41. The van der Waals surface area contributed by atoms with Crippen molar-refractivity contribution < 1.29 is 19.2 Å². The molecule has 1 aromatic heterocycles. The summed E-state index contributed by atoms with van der Waals surface area (Å²) in [5.41, 5.74) is 0.133. The molecule has 0 radical (unpaired) electrons. The normalized spacial score (nSPS) is 13.6. The number of carbonyl (C=O) groups excluding carboxylic acids is 1. The minimum absolute atomic E-state index is 0.117. The zero-order chi connectivity index (χ0) is 24.5. The Labute approximate surface area is 195 Å². The Morgan fingerprint density at radius 3 is 2.79 bits per heavy atom. The molecule has 0 fully saturated rings. The fourth-order valence-electron chi connectivity index (χ4n) is 3.86. The minimum Gasteiger partial charge on any atom is -0.488 e. The van der Waals surface area contributed by atoms with Gasteiger partial charge in [0.15, 0.2) is 17.2 Å². The Kier molecular flexibility index (Phi) is 6.06. The average Bonchev–Trinajstić information content (AvgIpc) is 3.11. The van der Waals surface area contributed by atoms with Crippen molar-refractivity contribution in [1.82, 2.24) is 15.1 Å². The van der Waals surface area contributed by atoms with Crippen LogP contribution in [0.4, 0.5) is 5.69 Å². The molecule has 0 spiro atoms. The maximum absolute atomic E-state index is 12.7. The molecule has 0 unspecified atom stereocenters. The summed E-state index contributed by atoms with van der Waals surface area (Å²) < 4.78 is 13.0. The van der Waals surface area contributed by atoms with E-state index in [1.807, 2.05) is 26.0 Å². The monoisotopic (exact) mass is 464 g/mol. The molecule has 10 heteroatoms. The van der Waals surface area contributed by atoms with Gasteiger partial charge in [-0.15, -0.1) is 0 Å². The largest absolute Gasteiger partial charge is 0.488 e. The van der Waals surface area contributed by atoms with Crippen LogP contribution in [0.25, 0.3) is 5.69 Å². The number of ether oxygens (including phenoxy) is 2. The van der Waals surface area contributed by atoms with Gasteiger partial charge in [0.05, 0.1) is 11.5 Å². The molecule has 176 valence electrons. The molecule has 3 aromatic rings. The molecule has 1 aliphatic rings. The number of hydrogen-bond acceptors (Lipinski definition) is 7. The van der Waals surface area contributed by atoms with Crippen LogP contribution in [-0.2, 0) is 6.42 Å². The van der Waals surface area contributed by atoms with Crippen molar-refractivity contribution in [3.63, 3.8) is 0 Å². The predicted molar refractivity (Wildman–Crippen MR) is 124 cm³/mol. The third kappa shape index (κ3) is 4.61. The number of nitrogens with zero attached hydrogens (tertiary/aromatic N) is 3. The lowest BCUT2D eigenvalue weighted by atomic mass is 10.0. The number of amides is 1. The first-order valence-electron chi connectivity index (χ1n) is 10.7. The van der Waals surface area contributed by atoms with E-state index in [4.69, 9.17) is 9.47 Å². The topological polar surface area (TPSA) is 126 Å². The lowest BCUT2D eigenvalue weighted by molar-refractivity contribution is -0.384. The number of nitrogens with one attached hydrogen (secondary N) is 1. The Balaban J connectivity index is 1.46. The average molecular weight is 464 g/mol. The number of nitro benzene ring substituents is 1. The van der Waals surface area contributed by atoms with Crippen LogP contribution in [0.5, 0.6) is 11.5 Å². The lowest BCUT2D eigenvalue weighted by Gasteiger charge is -2.18. The van der Waals surface area contributed by atoms with Gasteiger partial charge in [-0.3, -0.25) is 19.7 Å². The zero-order valence-corrected chi connectivity index (χ0v) is 19.0. The quantitative estimate of drug-likeness (QED) is 0.324. The highest BCUT2D eigenvalue weighted by atomic mass is 16.6. The molecule has 1 aliphatic heterocycles. The van der Waals surface area contributed by atoms with Crippen LogP contribution in [0.1, 0.15) is 35.6 Å². The molecule has 34 heavy (non-hydrogen) atoms. The van der Waals surface area contributed by atoms with Crippen molar-refractivity contribution in [2.24, 2.45) is 0 Å². The number of benzene rings is 2. The summed E-state index contributed by atoms with van der Waals surface area (Å²) in [6.45, 7) is 5.86. The number of aryl methyl sites for hydroxylation is 1. The molecule has 0 bridgehead atoms. The number of nitro groups is 1. The van der Waals surface area contributed by atoms with Gasteiger partial charge in [0, 0.05) is 29.8 Å². The summed E-state index contributed by atoms with van der Waals surface area (Å²) in [6.07, 6.45) is 0.779. The third-order valence-electron chi connectivity index (χ3n) is 5.33. The third-order valence-corrected chi connectivity index (χ3v) is 5.33. The number of aromatic nitrogens is 2. The maximum Gasteiger partial charge on any atom is 0.294 e. The molecule has 2 aromatic carbocycles. The van der Waals surface area contributed by atoms with Gasteiger partial charge in [-0.1, -0.05) is 24.3 Å². The molecule has 0 saturated heterocycles. The second kappa shape index (κ2) is 8.97. The van der Waals surface area contributed by atoms with Crippen molar-refractivity contribution in [3.05, 3.63) is 85.8 Å². The van der Waals surface area contributed by atoms with E-state index in [1.165, 1.54) is 28.9 Å². The van der Waals surface area contributed by atoms with E-state index >= 15 is 0 Å². The molecule has 1 amide bonds. The molecule has 10 nitrogen and oxygen atoms in total. The van der Waals surface area contributed by atoms with Crippen LogP contribution in [0.15, 0.2) is 53.3 Å². The van der Waals surface area contributed by atoms with Gasteiger partial charge in [0.25, 0.3) is 11.6 Å². The number of carbonyl (C=O) groups is 1. The standard InChI is InChI=1S/C24H24N4O6/c1-15-13-19(29)21(26-27(15)17-8-4-5-9-18(17)28(31)32)23(30)25-11-12-33-20-10-6-7-16-14-24(2,3)34-22(16)20/h4-10,13H,11-12,14H2,1-3H3,(H,25,30). The van der Waals surface area contributed by atoms with E-state index in [9.17, 15) is 19.7 Å². The predicted octanol–water partition coefficient (Wildman–Crippen LogP) is 2.97. The van der Waals surface area contributed by atoms with Crippen molar-refractivity contribution in [1.29, 1.82) is 0 Å². The molecule has 0 aliphatic carbocycles. The van der Waals surface area contributed by atoms with E-state index in [1.54, 1.807) is 19.1 Å². The molecule has 1 N–H and O–H groups in total. The SMILES string of the molecule is Cc1cc(=O)c(C(=O)NCCOc2cccc3c2OC(C)(C)C3)nn1-c1ccccc1[N+](=O)[O-]. The highest BCUT2D eigenvalue weighted by Gasteiger charge is 2.32. The van der Waals surface area contributed by atoms with E-state index in [0.717, 1.165) is 12.0 Å². The molecular weight excluding hydrogens is 440 g/mol. The van der Waals surface area contributed by atoms with Crippen LogP contribution < -0.4 is 20.2 Å². The maximum atomic E-state index is 12.7. The van der Waals surface area contributed by atoms with Crippen LogP contribution in [0.2, 0.25) is 0 Å². The van der Waals surface area contributed by atoms with E-state index in [2.05, 4.69) is 10.4 Å². The Morgan fingerprint density at radius 2 is 2.03 bits per heavy atom. The Bertz CT molecular complexity index is 1330. The Hall–Kier alpha value is -4.21. The van der Waals surface area contributed by atoms with Crippen molar-refractivity contribution in [2.45, 2.75) is 32.8 Å².